The van der Waals surface area contributed by atoms with Gasteiger partial charge in [-0.25, -0.2) is 0 Å². The molecule has 0 radical (unpaired) electrons. The largest absolute Gasteiger partial charge is 0.352 e. The topological polar surface area (TPSA) is 41.0 Å². The molecule has 2 aliphatic carbocycles. The molecule has 1 aromatic heterocycles. The van der Waals surface area contributed by atoms with E-state index in [9.17, 15) is 0 Å². The van der Waals surface area contributed by atoms with Crippen LogP contribution < -0.4 is 10.2 Å². The lowest BCUT2D eigenvalue weighted by atomic mass is 10.3. The summed E-state index contributed by atoms with van der Waals surface area (Å²) < 4.78 is 0. The Morgan fingerprint density at radius 1 is 1.24 bits per heavy atom. The van der Waals surface area contributed by atoms with Gasteiger partial charge in [0.15, 0.2) is 5.82 Å². The number of aromatic nitrogens is 2. The van der Waals surface area contributed by atoms with Crippen LogP contribution in [0.5, 0.6) is 0 Å². The van der Waals surface area contributed by atoms with Crippen molar-refractivity contribution in [3.05, 3.63) is 17.8 Å². The van der Waals surface area contributed by atoms with E-state index < -0.39 is 0 Å². The van der Waals surface area contributed by atoms with E-state index >= 15 is 0 Å². The highest BCUT2D eigenvalue weighted by Gasteiger charge is 2.29. The van der Waals surface area contributed by atoms with Crippen LogP contribution in [0.1, 0.15) is 38.3 Å². The van der Waals surface area contributed by atoms with Crippen LogP contribution in [0.15, 0.2) is 12.1 Å². The van der Waals surface area contributed by atoms with E-state index in [0.717, 1.165) is 30.6 Å². The van der Waals surface area contributed by atoms with E-state index in [1.54, 1.807) is 0 Å². The number of hydrogen-bond donors (Lipinski definition) is 1. The molecule has 2 aliphatic rings. The van der Waals surface area contributed by atoms with Crippen molar-refractivity contribution in [2.75, 3.05) is 11.4 Å². The molecular formula is C13H20N4. The maximum absolute atomic E-state index is 4.35. The molecule has 0 amide bonds. The minimum atomic E-state index is 0.713. The molecule has 1 heterocycles. The summed E-state index contributed by atoms with van der Waals surface area (Å²) in [6.07, 6.45) is 5.24. The van der Waals surface area contributed by atoms with Crippen LogP contribution in [0, 0.1) is 0 Å². The van der Waals surface area contributed by atoms with Gasteiger partial charge in [0.05, 0.1) is 5.69 Å². The second kappa shape index (κ2) is 4.61. The second-order valence-electron chi connectivity index (χ2n) is 5.06. The van der Waals surface area contributed by atoms with Crippen LogP contribution >= 0.6 is 0 Å². The van der Waals surface area contributed by atoms with Gasteiger partial charge in [-0.3, -0.25) is 0 Å². The lowest BCUT2D eigenvalue weighted by Crippen LogP contribution is -2.26. The molecule has 0 atom stereocenters. The first-order valence-corrected chi connectivity index (χ1v) is 6.69. The average Bonchev–Trinajstić information content (AvgIpc) is 3.23. The van der Waals surface area contributed by atoms with E-state index in [2.05, 4.69) is 39.5 Å². The van der Waals surface area contributed by atoms with Crippen molar-refractivity contribution < 1.29 is 0 Å². The summed E-state index contributed by atoms with van der Waals surface area (Å²) in [4.78, 5) is 2.35. The van der Waals surface area contributed by atoms with E-state index in [0.29, 0.717) is 6.04 Å². The van der Waals surface area contributed by atoms with Crippen LogP contribution in [0.2, 0.25) is 0 Å². The lowest BCUT2D eigenvalue weighted by Gasteiger charge is -2.20. The van der Waals surface area contributed by atoms with E-state index in [1.807, 2.05) is 0 Å². The maximum Gasteiger partial charge on any atom is 0.151 e. The summed E-state index contributed by atoms with van der Waals surface area (Å²) in [5.41, 5.74) is 1.05. The molecule has 4 nitrogen and oxygen atoms in total. The lowest BCUT2D eigenvalue weighted by molar-refractivity contribution is 0.663. The molecule has 17 heavy (non-hydrogen) atoms. The molecule has 2 saturated carbocycles. The molecule has 1 aromatic rings. The zero-order valence-corrected chi connectivity index (χ0v) is 10.4. The Kier molecular flexibility index (Phi) is 2.97. The molecule has 0 bridgehead atoms. The number of rotatable bonds is 6. The Bertz CT molecular complexity index is 368. The molecule has 0 unspecified atom stereocenters. The summed E-state index contributed by atoms with van der Waals surface area (Å²) in [5.74, 6) is 1.03. The SMILES string of the molecule is CCN(c1ccc(CNC2CC2)nn1)C1CC1. The molecule has 3 rings (SSSR count). The van der Waals surface area contributed by atoms with E-state index in [4.69, 9.17) is 0 Å². The minimum Gasteiger partial charge on any atom is -0.352 e. The van der Waals surface area contributed by atoms with Crippen molar-refractivity contribution in [3.8, 4) is 0 Å². The fourth-order valence-electron chi connectivity index (χ4n) is 2.13. The van der Waals surface area contributed by atoms with Crippen LogP contribution in [0.4, 0.5) is 5.82 Å². The van der Waals surface area contributed by atoms with Crippen LogP contribution in [0.3, 0.4) is 0 Å². The first-order valence-electron chi connectivity index (χ1n) is 6.69. The third-order valence-corrected chi connectivity index (χ3v) is 3.48. The molecule has 0 spiro atoms. The van der Waals surface area contributed by atoms with Crippen molar-refractivity contribution in [1.82, 2.24) is 15.5 Å². The van der Waals surface area contributed by atoms with Crippen molar-refractivity contribution >= 4 is 5.82 Å². The molecular weight excluding hydrogens is 212 g/mol. The molecule has 2 fully saturated rings. The summed E-state index contributed by atoms with van der Waals surface area (Å²) in [7, 11) is 0. The Morgan fingerprint density at radius 3 is 2.59 bits per heavy atom. The van der Waals surface area contributed by atoms with Gasteiger partial charge >= 0.3 is 0 Å². The van der Waals surface area contributed by atoms with Crippen LogP contribution in [0.25, 0.3) is 0 Å². The highest BCUT2D eigenvalue weighted by Crippen LogP contribution is 2.29. The van der Waals surface area contributed by atoms with Crippen molar-refractivity contribution in [1.29, 1.82) is 0 Å². The molecule has 92 valence electrons. The Morgan fingerprint density at radius 2 is 2.06 bits per heavy atom. The zero-order valence-electron chi connectivity index (χ0n) is 10.4. The third-order valence-electron chi connectivity index (χ3n) is 3.48. The number of hydrogen-bond acceptors (Lipinski definition) is 4. The van der Waals surface area contributed by atoms with Gasteiger partial charge in [0, 0.05) is 25.2 Å². The third kappa shape index (κ3) is 2.75. The monoisotopic (exact) mass is 232 g/mol. The van der Waals surface area contributed by atoms with Gasteiger partial charge in [-0.2, -0.15) is 5.10 Å². The number of nitrogens with zero attached hydrogens (tertiary/aromatic N) is 3. The molecule has 0 saturated heterocycles. The highest BCUT2D eigenvalue weighted by atomic mass is 15.3. The van der Waals surface area contributed by atoms with Gasteiger partial charge < -0.3 is 10.2 Å². The number of nitrogens with one attached hydrogen (secondary N) is 1. The van der Waals surface area contributed by atoms with Crippen molar-refractivity contribution in [2.24, 2.45) is 0 Å². The molecule has 1 N–H and O–H groups in total. The van der Waals surface area contributed by atoms with Gasteiger partial charge in [0.1, 0.15) is 0 Å². The smallest absolute Gasteiger partial charge is 0.151 e. The van der Waals surface area contributed by atoms with Gasteiger partial charge in [-0.05, 0) is 44.7 Å². The Hall–Kier alpha value is -1.16. The van der Waals surface area contributed by atoms with Crippen LogP contribution in [-0.4, -0.2) is 28.8 Å². The minimum absolute atomic E-state index is 0.713. The van der Waals surface area contributed by atoms with Gasteiger partial charge in [0.25, 0.3) is 0 Å². The molecule has 4 heteroatoms. The summed E-state index contributed by atoms with van der Waals surface area (Å²) in [5, 5.41) is 12.1. The predicted molar refractivity (Wildman–Crippen MR) is 67.9 cm³/mol. The predicted octanol–water partition coefficient (Wildman–Crippen LogP) is 1.72. The molecule has 0 aromatic carbocycles. The quantitative estimate of drug-likeness (QED) is 0.811. The second-order valence-corrected chi connectivity index (χ2v) is 5.06. The fourth-order valence-corrected chi connectivity index (χ4v) is 2.13. The Labute approximate surface area is 102 Å². The first-order chi connectivity index (χ1) is 8.36. The highest BCUT2D eigenvalue weighted by molar-refractivity contribution is 5.40. The van der Waals surface area contributed by atoms with Crippen LogP contribution in [-0.2, 0) is 6.54 Å². The standard InChI is InChI=1S/C13H20N4/c1-2-17(12-6-7-12)13-8-5-11(15-16-13)9-14-10-3-4-10/h5,8,10,12,14H,2-4,6-7,9H2,1H3. The normalized spacial score (nSPS) is 19.4. The number of anilines is 1. The van der Waals surface area contributed by atoms with E-state index in [1.165, 1.54) is 25.7 Å². The zero-order chi connectivity index (χ0) is 11.7. The van der Waals surface area contributed by atoms with Gasteiger partial charge in [0.2, 0.25) is 0 Å². The van der Waals surface area contributed by atoms with Gasteiger partial charge in [-0.1, -0.05) is 0 Å². The summed E-state index contributed by atoms with van der Waals surface area (Å²) in [6.45, 7) is 4.06. The summed E-state index contributed by atoms with van der Waals surface area (Å²) in [6, 6.07) is 5.65. The van der Waals surface area contributed by atoms with Crippen molar-refractivity contribution in [2.45, 2.75) is 51.2 Å². The van der Waals surface area contributed by atoms with Gasteiger partial charge in [-0.15, -0.1) is 5.10 Å². The first kappa shape index (κ1) is 11.0. The average molecular weight is 232 g/mol. The van der Waals surface area contributed by atoms with Crippen molar-refractivity contribution in [3.63, 3.8) is 0 Å². The maximum atomic E-state index is 4.35. The molecule has 0 aliphatic heterocycles. The summed E-state index contributed by atoms with van der Waals surface area (Å²) >= 11 is 0. The fraction of sp³-hybridized carbons (Fsp3) is 0.692. The Balaban J connectivity index is 1.61. The van der Waals surface area contributed by atoms with E-state index in [-0.39, 0.29) is 0 Å².